The van der Waals surface area contributed by atoms with Gasteiger partial charge < -0.3 is 15.0 Å². The Balaban J connectivity index is 2.30. The fourth-order valence-electron chi connectivity index (χ4n) is 2.61. The third-order valence-electron chi connectivity index (χ3n) is 3.84. The van der Waals surface area contributed by atoms with Crippen LogP contribution in [-0.2, 0) is 0 Å². The highest BCUT2D eigenvalue weighted by atomic mass is 19.2. The topological polar surface area (TPSA) is 53.1 Å². The number of imidazole rings is 1. The Bertz CT molecular complexity index is 860. The van der Waals surface area contributed by atoms with E-state index in [0.717, 1.165) is 17.7 Å². The lowest BCUT2D eigenvalue weighted by Crippen LogP contribution is -2.17. The Morgan fingerprint density at radius 2 is 1.96 bits per heavy atom. The van der Waals surface area contributed by atoms with E-state index in [2.05, 4.69) is 4.98 Å². The van der Waals surface area contributed by atoms with Crippen LogP contribution in [0.2, 0.25) is 0 Å². The molecule has 0 aliphatic carbocycles. The van der Waals surface area contributed by atoms with E-state index >= 15 is 0 Å². The van der Waals surface area contributed by atoms with Crippen LogP contribution >= 0.6 is 0 Å². The average molecular weight is 317 g/mol. The molecule has 1 heterocycles. The van der Waals surface area contributed by atoms with Gasteiger partial charge in [-0.15, -0.1) is 0 Å². The highest BCUT2D eigenvalue weighted by Crippen LogP contribution is 2.31. The summed E-state index contributed by atoms with van der Waals surface area (Å²) in [5.41, 5.74) is 7.48. The molecular weight excluding hydrogens is 300 g/mol. The lowest BCUT2D eigenvalue weighted by molar-refractivity contribution is 0.415. The standard InChI is InChI=1S/C17H17F2N3O/c1-10(9-20)22-16-8-14(19)13(18)7-15(16)21-17(22)11-4-3-5-12(6-11)23-2/h3-8,10H,9,20H2,1-2H3. The second kappa shape index (κ2) is 5.96. The third kappa shape index (κ3) is 2.66. The average Bonchev–Trinajstić information content (AvgIpc) is 2.93. The van der Waals surface area contributed by atoms with E-state index in [1.54, 1.807) is 7.11 Å². The number of aromatic nitrogens is 2. The van der Waals surface area contributed by atoms with E-state index in [-0.39, 0.29) is 6.04 Å². The maximum atomic E-state index is 13.7. The summed E-state index contributed by atoms with van der Waals surface area (Å²) in [7, 11) is 1.58. The molecule has 0 saturated heterocycles. The predicted molar refractivity (Wildman–Crippen MR) is 85.4 cm³/mol. The summed E-state index contributed by atoms with van der Waals surface area (Å²) in [4.78, 5) is 4.47. The Labute approximate surface area is 132 Å². The van der Waals surface area contributed by atoms with Crippen LogP contribution in [0.15, 0.2) is 36.4 Å². The molecule has 2 aromatic carbocycles. The molecule has 3 aromatic rings. The fourth-order valence-corrected chi connectivity index (χ4v) is 2.61. The van der Waals surface area contributed by atoms with Crippen LogP contribution in [0.4, 0.5) is 8.78 Å². The van der Waals surface area contributed by atoms with E-state index in [1.165, 1.54) is 0 Å². The molecule has 1 unspecified atom stereocenters. The monoisotopic (exact) mass is 317 g/mol. The number of methoxy groups -OCH3 is 1. The van der Waals surface area contributed by atoms with Gasteiger partial charge in [0.2, 0.25) is 0 Å². The number of nitrogens with two attached hydrogens (primary N) is 1. The van der Waals surface area contributed by atoms with Gasteiger partial charge in [0.1, 0.15) is 11.6 Å². The fraction of sp³-hybridized carbons (Fsp3) is 0.235. The van der Waals surface area contributed by atoms with Crippen LogP contribution in [0.25, 0.3) is 22.4 Å². The lowest BCUT2D eigenvalue weighted by atomic mass is 10.2. The van der Waals surface area contributed by atoms with Crippen LogP contribution in [0.5, 0.6) is 5.75 Å². The van der Waals surface area contributed by atoms with E-state index in [0.29, 0.717) is 29.2 Å². The Morgan fingerprint density at radius 3 is 2.65 bits per heavy atom. The van der Waals surface area contributed by atoms with Gasteiger partial charge in [-0.05, 0) is 19.1 Å². The number of hydrogen-bond acceptors (Lipinski definition) is 3. The van der Waals surface area contributed by atoms with Crippen molar-refractivity contribution < 1.29 is 13.5 Å². The van der Waals surface area contributed by atoms with Crippen LogP contribution in [0.1, 0.15) is 13.0 Å². The van der Waals surface area contributed by atoms with Gasteiger partial charge in [-0.1, -0.05) is 12.1 Å². The van der Waals surface area contributed by atoms with Crippen molar-refractivity contribution in [1.29, 1.82) is 0 Å². The van der Waals surface area contributed by atoms with Gasteiger partial charge in [0, 0.05) is 30.3 Å². The van der Waals surface area contributed by atoms with Gasteiger partial charge in [0.05, 0.1) is 18.1 Å². The molecule has 6 heteroatoms. The predicted octanol–water partition coefficient (Wildman–Crippen LogP) is 3.51. The summed E-state index contributed by atoms with van der Waals surface area (Å²) >= 11 is 0. The molecular formula is C17H17F2N3O. The molecule has 2 N–H and O–H groups in total. The number of halogens is 2. The first-order valence-electron chi connectivity index (χ1n) is 7.26. The molecule has 4 nitrogen and oxygen atoms in total. The van der Waals surface area contributed by atoms with Crippen molar-refractivity contribution in [2.75, 3.05) is 13.7 Å². The van der Waals surface area contributed by atoms with Crippen molar-refractivity contribution in [3.8, 4) is 17.1 Å². The highest BCUT2D eigenvalue weighted by molar-refractivity contribution is 5.81. The van der Waals surface area contributed by atoms with E-state index in [9.17, 15) is 8.78 Å². The summed E-state index contributed by atoms with van der Waals surface area (Å²) in [6.45, 7) is 2.26. The summed E-state index contributed by atoms with van der Waals surface area (Å²) in [6.07, 6.45) is 0. The number of hydrogen-bond donors (Lipinski definition) is 1. The molecule has 1 atom stereocenters. The van der Waals surface area contributed by atoms with Gasteiger partial charge in [0.15, 0.2) is 11.6 Å². The zero-order valence-corrected chi connectivity index (χ0v) is 12.9. The zero-order valence-electron chi connectivity index (χ0n) is 12.9. The third-order valence-corrected chi connectivity index (χ3v) is 3.84. The molecule has 0 spiro atoms. The van der Waals surface area contributed by atoms with Crippen LogP contribution < -0.4 is 10.5 Å². The quantitative estimate of drug-likeness (QED) is 0.801. The molecule has 0 aliphatic heterocycles. The SMILES string of the molecule is COc1cccc(-c2nc3cc(F)c(F)cc3n2C(C)CN)c1. The summed E-state index contributed by atoms with van der Waals surface area (Å²) < 4.78 is 34.2. The van der Waals surface area contributed by atoms with Gasteiger partial charge >= 0.3 is 0 Å². The molecule has 0 amide bonds. The first kappa shape index (κ1) is 15.4. The van der Waals surface area contributed by atoms with Gasteiger partial charge in [0.25, 0.3) is 0 Å². The van der Waals surface area contributed by atoms with Crippen molar-refractivity contribution in [2.24, 2.45) is 5.73 Å². The summed E-state index contributed by atoms with van der Waals surface area (Å²) in [6, 6.07) is 9.51. The normalized spacial score (nSPS) is 12.6. The smallest absolute Gasteiger partial charge is 0.161 e. The number of nitrogens with zero attached hydrogens (tertiary/aromatic N) is 2. The Hall–Kier alpha value is -2.47. The second-order valence-electron chi connectivity index (χ2n) is 5.38. The number of fused-ring (bicyclic) bond motifs is 1. The minimum absolute atomic E-state index is 0.119. The highest BCUT2D eigenvalue weighted by Gasteiger charge is 2.19. The first-order valence-corrected chi connectivity index (χ1v) is 7.26. The van der Waals surface area contributed by atoms with Crippen molar-refractivity contribution in [1.82, 2.24) is 9.55 Å². The number of ether oxygens (including phenoxy) is 1. The van der Waals surface area contributed by atoms with Crippen molar-refractivity contribution in [3.05, 3.63) is 48.0 Å². The van der Waals surface area contributed by atoms with Crippen LogP contribution in [0.3, 0.4) is 0 Å². The Morgan fingerprint density at radius 1 is 1.22 bits per heavy atom. The lowest BCUT2D eigenvalue weighted by Gasteiger charge is -2.16. The number of benzene rings is 2. The minimum atomic E-state index is -0.917. The summed E-state index contributed by atoms with van der Waals surface area (Å²) in [5.74, 6) is -0.541. The molecule has 0 saturated carbocycles. The first-order chi connectivity index (χ1) is 11.0. The molecule has 3 rings (SSSR count). The minimum Gasteiger partial charge on any atom is -0.497 e. The van der Waals surface area contributed by atoms with Crippen LogP contribution in [-0.4, -0.2) is 23.2 Å². The maximum absolute atomic E-state index is 13.7. The zero-order chi connectivity index (χ0) is 16.6. The van der Waals surface area contributed by atoms with Gasteiger partial charge in [-0.25, -0.2) is 13.8 Å². The van der Waals surface area contributed by atoms with Crippen molar-refractivity contribution in [2.45, 2.75) is 13.0 Å². The largest absolute Gasteiger partial charge is 0.497 e. The van der Waals surface area contributed by atoms with Gasteiger partial charge in [-0.3, -0.25) is 0 Å². The summed E-state index contributed by atoms with van der Waals surface area (Å²) in [5, 5.41) is 0. The molecule has 120 valence electrons. The van der Waals surface area contributed by atoms with E-state index < -0.39 is 11.6 Å². The molecule has 1 aromatic heterocycles. The molecule has 0 bridgehead atoms. The second-order valence-corrected chi connectivity index (χ2v) is 5.38. The van der Waals surface area contributed by atoms with Crippen LogP contribution in [0, 0.1) is 11.6 Å². The molecule has 0 fully saturated rings. The van der Waals surface area contributed by atoms with E-state index in [4.69, 9.17) is 10.5 Å². The van der Waals surface area contributed by atoms with Crippen molar-refractivity contribution in [3.63, 3.8) is 0 Å². The van der Waals surface area contributed by atoms with Crippen molar-refractivity contribution >= 4 is 11.0 Å². The maximum Gasteiger partial charge on any atom is 0.161 e. The number of rotatable bonds is 4. The molecule has 0 aliphatic rings. The molecule has 23 heavy (non-hydrogen) atoms. The van der Waals surface area contributed by atoms with E-state index in [1.807, 2.05) is 35.8 Å². The Kier molecular flexibility index (Phi) is 4.00. The molecule has 0 radical (unpaired) electrons. The van der Waals surface area contributed by atoms with Gasteiger partial charge in [-0.2, -0.15) is 0 Å².